The van der Waals surface area contributed by atoms with Gasteiger partial charge >= 0.3 is 0 Å². The highest BCUT2D eigenvalue weighted by Gasteiger charge is 2.28. The van der Waals surface area contributed by atoms with Gasteiger partial charge in [0.25, 0.3) is 0 Å². The largest absolute Gasteiger partial charge is 0.307 e. The van der Waals surface area contributed by atoms with E-state index in [4.69, 9.17) is 0 Å². The molecule has 5 heteroatoms. The van der Waals surface area contributed by atoms with Crippen molar-refractivity contribution in [2.24, 2.45) is 0 Å². The summed E-state index contributed by atoms with van der Waals surface area (Å²) in [6.45, 7) is 0.603. The molecule has 1 atom stereocenters. The fraction of sp³-hybridized carbons (Fsp3) is 0.294. The summed E-state index contributed by atoms with van der Waals surface area (Å²) in [4.78, 5) is 18.9. The Bertz CT molecular complexity index is 601. The lowest BCUT2D eigenvalue weighted by molar-refractivity contribution is -0.117. The first-order valence-corrected chi connectivity index (χ1v) is 9.49. The summed E-state index contributed by atoms with van der Waals surface area (Å²) in [6.07, 6.45) is 3.48. The first kappa shape index (κ1) is 15.4. The van der Waals surface area contributed by atoms with Crippen molar-refractivity contribution in [1.29, 1.82) is 0 Å². The van der Waals surface area contributed by atoms with Crippen LogP contribution in [0.4, 0.5) is 5.69 Å². The third kappa shape index (κ3) is 3.84. The molecule has 114 valence electrons. The first-order valence-electron chi connectivity index (χ1n) is 7.29. The van der Waals surface area contributed by atoms with E-state index in [1.165, 1.54) is 0 Å². The smallest absolute Gasteiger partial charge is 0.241 e. The Hall–Kier alpha value is -1.46. The number of aromatic nitrogens is 1. The van der Waals surface area contributed by atoms with Gasteiger partial charge in [-0.25, -0.2) is 0 Å². The van der Waals surface area contributed by atoms with Crippen LogP contribution in [0.3, 0.4) is 0 Å². The normalized spacial score (nSPS) is 17.9. The number of hydrogen-bond donors (Lipinski definition) is 0. The third-order valence-electron chi connectivity index (χ3n) is 3.52. The molecule has 1 saturated heterocycles. The summed E-state index contributed by atoms with van der Waals surface area (Å²) in [5.41, 5.74) is 2.06. The number of carbonyl (C=O) groups excluding carboxylic acids is 1. The van der Waals surface area contributed by atoms with Crippen molar-refractivity contribution in [2.75, 3.05) is 22.2 Å². The van der Waals surface area contributed by atoms with Gasteiger partial charge in [-0.2, -0.15) is 11.8 Å². The van der Waals surface area contributed by atoms with Crippen molar-refractivity contribution >= 4 is 35.1 Å². The molecule has 2 heterocycles. The second-order valence-corrected chi connectivity index (χ2v) is 7.51. The van der Waals surface area contributed by atoms with Crippen LogP contribution < -0.4 is 4.90 Å². The quantitative estimate of drug-likeness (QED) is 0.859. The molecule has 1 fully saturated rings. The van der Waals surface area contributed by atoms with E-state index in [1.807, 2.05) is 47.0 Å². The lowest BCUT2D eigenvalue weighted by atomic mass is 10.2. The van der Waals surface area contributed by atoms with Crippen LogP contribution >= 0.6 is 23.5 Å². The molecule has 0 radical (unpaired) electrons. The molecule has 0 N–H and O–H groups in total. The average Bonchev–Trinajstić information content (AvgIpc) is 2.61. The van der Waals surface area contributed by atoms with Gasteiger partial charge in [-0.15, -0.1) is 11.8 Å². The topological polar surface area (TPSA) is 33.2 Å². The Morgan fingerprint density at radius 1 is 1.14 bits per heavy atom. The Labute approximate surface area is 139 Å². The summed E-state index contributed by atoms with van der Waals surface area (Å²) in [7, 11) is 0. The number of anilines is 1. The van der Waals surface area contributed by atoms with Crippen molar-refractivity contribution in [3.05, 3.63) is 60.4 Å². The summed E-state index contributed by atoms with van der Waals surface area (Å²) >= 11 is 3.65. The maximum absolute atomic E-state index is 13.0. The van der Waals surface area contributed by atoms with Crippen molar-refractivity contribution < 1.29 is 4.79 Å². The molecular formula is C17H18N2OS2. The predicted octanol–water partition coefficient (Wildman–Crippen LogP) is 3.46. The highest BCUT2D eigenvalue weighted by Crippen LogP contribution is 2.28. The lowest BCUT2D eigenvalue weighted by Crippen LogP contribution is -2.40. The van der Waals surface area contributed by atoms with Gasteiger partial charge in [0.05, 0.1) is 11.8 Å². The Kier molecular flexibility index (Phi) is 5.40. The Balaban J connectivity index is 1.84. The number of nitrogens with zero attached hydrogens (tertiary/aromatic N) is 2. The van der Waals surface area contributed by atoms with E-state index < -0.39 is 0 Å². The molecule has 1 aromatic heterocycles. The summed E-state index contributed by atoms with van der Waals surface area (Å²) in [5, 5.41) is 0.0515. The Morgan fingerprint density at radius 2 is 1.91 bits per heavy atom. The summed E-state index contributed by atoms with van der Waals surface area (Å²) in [5.74, 6) is 3.30. The van der Waals surface area contributed by atoms with E-state index in [1.54, 1.807) is 24.2 Å². The Morgan fingerprint density at radius 3 is 2.59 bits per heavy atom. The van der Waals surface area contributed by atoms with Crippen LogP contribution in [-0.4, -0.2) is 33.4 Å². The van der Waals surface area contributed by atoms with Crippen molar-refractivity contribution in [3.8, 4) is 0 Å². The van der Waals surface area contributed by atoms with Crippen LogP contribution in [0.5, 0.6) is 0 Å². The van der Waals surface area contributed by atoms with Crippen LogP contribution in [0.2, 0.25) is 0 Å². The summed E-state index contributed by atoms with van der Waals surface area (Å²) < 4.78 is 0. The van der Waals surface area contributed by atoms with Crippen molar-refractivity contribution in [3.63, 3.8) is 0 Å². The van der Waals surface area contributed by atoms with Crippen molar-refractivity contribution in [2.45, 2.75) is 11.8 Å². The number of pyridine rings is 1. The standard InChI is InChI=1S/C17H18N2OS2/c20-17(16-13-21-10-11-22-16)19(15-6-8-18-9-7-15)12-14-4-2-1-3-5-14/h1-9,16H,10-13H2. The van der Waals surface area contributed by atoms with Gasteiger partial charge in [-0.1, -0.05) is 30.3 Å². The molecule has 1 amide bonds. The zero-order valence-corrected chi connectivity index (χ0v) is 13.9. The molecule has 3 nitrogen and oxygen atoms in total. The molecule has 1 aliphatic heterocycles. The first-order chi connectivity index (χ1) is 10.8. The molecule has 0 aliphatic carbocycles. The van der Waals surface area contributed by atoms with E-state index >= 15 is 0 Å². The molecule has 0 bridgehead atoms. The van der Waals surface area contributed by atoms with E-state index in [0.29, 0.717) is 6.54 Å². The molecule has 1 aromatic carbocycles. The van der Waals surface area contributed by atoms with Crippen molar-refractivity contribution in [1.82, 2.24) is 4.98 Å². The average molecular weight is 330 g/mol. The SMILES string of the molecule is O=C(C1CSCCS1)N(Cc1ccccc1)c1ccncc1. The van der Waals surface area contributed by atoms with Crippen LogP contribution in [0.15, 0.2) is 54.9 Å². The van der Waals surface area contributed by atoms with E-state index in [9.17, 15) is 4.79 Å². The zero-order valence-electron chi connectivity index (χ0n) is 12.2. The number of thioether (sulfide) groups is 2. The minimum Gasteiger partial charge on any atom is -0.307 e. The van der Waals surface area contributed by atoms with Crippen LogP contribution in [0.1, 0.15) is 5.56 Å². The van der Waals surface area contributed by atoms with E-state index in [-0.39, 0.29) is 11.2 Å². The molecule has 1 aliphatic rings. The van der Waals surface area contributed by atoms with E-state index in [0.717, 1.165) is 28.5 Å². The van der Waals surface area contributed by atoms with Gasteiger partial charge < -0.3 is 4.90 Å². The monoisotopic (exact) mass is 330 g/mol. The highest BCUT2D eigenvalue weighted by atomic mass is 32.2. The van der Waals surface area contributed by atoms with E-state index in [2.05, 4.69) is 17.1 Å². The molecule has 2 aromatic rings. The number of amides is 1. The number of rotatable bonds is 4. The minimum absolute atomic E-state index is 0.0515. The summed E-state index contributed by atoms with van der Waals surface area (Å²) in [6, 6.07) is 13.9. The van der Waals surface area contributed by atoms with Gasteiger partial charge in [-0.05, 0) is 17.7 Å². The van der Waals surface area contributed by atoms with Gasteiger partial charge in [0.2, 0.25) is 5.91 Å². The van der Waals surface area contributed by atoms with Gasteiger partial charge in [0.1, 0.15) is 0 Å². The molecule has 1 unspecified atom stereocenters. The fourth-order valence-electron chi connectivity index (χ4n) is 2.39. The predicted molar refractivity (Wildman–Crippen MR) is 95.4 cm³/mol. The molecule has 0 saturated carbocycles. The van der Waals surface area contributed by atoms with Gasteiger partial charge in [0.15, 0.2) is 0 Å². The van der Waals surface area contributed by atoms with Crippen LogP contribution in [0, 0.1) is 0 Å². The zero-order chi connectivity index (χ0) is 15.2. The van der Waals surface area contributed by atoms with Gasteiger partial charge in [0, 0.05) is 35.3 Å². The van der Waals surface area contributed by atoms with Crippen LogP contribution in [0.25, 0.3) is 0 Å². The maximum Gasteiger partial charge on any atom is 0.241 e. The van der Waals surface area contributed by atoms with Crippen LogP contribution in [-0.2, 0) is 11.3 Å². The lowest BCUT2D eigenvalue weighted by Gasteiger charge is -2.29. The minimum atomic E-state index is 0.0515. The third-order valence-corrected chi connectivity index (χ3v) is 6.26. The molecule has 22 heavy (non-hydrogen) atoms. The number of carbonyl (C=O) groups is 1. The molecule has 0 spiro atoms. The molecular weight excluding hydrogens is 312 g/mol. The molecule has 3 rings (SSSR count). The maximum atomic E-state index is 13.0. The second kappa shape index (κ2) is 7.70. The fourth-order valence-corrected chi connectivity index (χ4v) is 5.00. The highest BCUT2D eigenvalue weighted by molar-refractivity contribution is 8.07. The second-order valence-electron chi connectivity index (χ2n) is 5.05. The number of hydrogen-bond acceptors (Lipinski definition) is 4. The van der Waals surface area contributed by atoms with Gasteiger partial charge in [-0.3, -0.25) is 9.78 Å². The number of benzene rings is 1.